The molecule has 2 aromatic carbocycles. The summed E-state index contributed by atoms with van der Waals surface area (Å²) in [5.41, 5.74) is 0.605. The van der Waals surface area contributed by atoms with Crippen LogP contribution in [0.3, 0.4) is 0 Å². The van der Waals surface area contributed by atoms with Crippen molar-refractivity contribution < 1.29 is 27.8 Å². The molecule has 0 aliphatic heterocycles. The van der Waals surface area contributed by atoms with E-state index >= 15 is 0 Å². The van der Waals surface area contributed by atoms with E-state index < -0.39 is 15.8 Å². The number of benzene rings is 2. The van der Waals surface area contributed by atoms with Gasteiger partial charge in [0.1, 0.15) is 11.5 Å². The second kappa shape index (κ2) is 8.71. The summed E-state index contributed by atoms with van der Waals surface area (Å²) in [6.07, 6.45) is 0.920. The van der Waals surface area contributed by atoms with E-state index in [1.165, 1.54) is 31.4 Å². The topological polar surface area (TPSA) is 89.9 Å². The molecule has 0 saturated heterocycles. The van der Waals surface area contributed by atoms with Gasteiger partial charge in [-0.1, -0.05) is 6.92 Å². The van der Waals surface area contributed by atoms with Crippen molar-refractivity contribution in [3.63, 3.8) is 0 Å². The molecule has 0 unspecified atom stereocenters. The third kappa shape index (κ3) is 4.98. The van der Waals surface area contributed by atoms with Crippen LogP contribution in [-0.2, 0) is 21.1 Å². The number of aryl methyl sites for hydroxylation is 1. The van der Waals surface area contributed by atoms with Gasteiger partial charge < -0.3 is 14.6 Å². The van der Waals surface area contributed by atoms with E-state index in [1.54, 1.807) is 18.2 Å². The minimum Gasteiger partial charge on any atom is -0.497 e. The number of carboxylic acid groups (broad SMARTS) is 1. The molecule has 2 aromatic rings. The molecule has 0 aliphatic carbocycles. The van der Waals surface area contributed by atoms with Gasteiger partial charge in [0.05, 0.1) is 23.5 Å². The number of rotatable bonds is 9. The van der Waals surface area contributed by atoms with Crippen molar-refractivity contribution in [1.29, 1.82) is 0 Å². The molecule has 0 aromatic heterocycles. The van der Waals surface area contributed by atoms with Crippen molar-refractivity contribution in [2.45, 2.75) is 36.0 Å². The van der Waals surface area contributed by atoms with Crippen molar-refractivity contribution in [1.82, 2.24) is 0 Å². The van der Waals surface area contributed by atoms with Crippen LogP contribution in [0, 0.1) is 0 Å². The maximum Gasteiger partial charge on any atom is 0.303 e. The Labute approximate surface area is 153 Å². The van der Waals surface area contributed by atoms with Crippen LogP contribution in [0.2, 0.25) is 0 Å². The molecule has 2 rings (SSSR count). The number of ether oxygens (including phenoxy) is 2. The van der Waals surface area contributed by atoms with Crippen LogP contribution in [0.5, 0.6) is 11.5 Å². The first-order chi connectivity index (χ1) is 12.4. The zero-order valence-electron chi connectivity index (χ0n) is 14.8. The van der Waals surface area contributed by atoms with Crippen LogP contribution in [-0.4, -0.2) is 33.2 Å². The Balaban J connectivity index is 2.43. The van der Waals surface area contributed by atoms with Crippen molar-refractivity contribution in [3.8, 4) is 11.5 Å². The summed E-state index contributed by atoms with van der Waals surface area (Å²) in [5, 5.41) is 8.88. The molecule has 0 saturated carbocycles. The largest absolute Gasteiger partial charge is 0.497 e. The van der Waals surface area contributed by atoms with Crippen molar-refractivity contribution in [3.05, 3.63) is 48.0 Å². The summed E-state index contributed by atoms with van der Waals surface area (Å²) < 4.78 is 36.5. The average molecular weight is 378 g/mol. The second-order valence-corrected chi connectivity index (χ2v) is 7.68. The van der Waals surface area contributed by atoms with E-state index in [-0.39, 0.29) is 22.6 Å². The lowest BCUT2D eigenvalue weighted by molar-refractivity contribution is -0.136. The van der Waals surface area contributed by atoms with Crippen molar-refractivity contribution >= 4 is 15.8 Å². The molecule has 0 radical (unpaired) electrons. The summed E-state index contributed by atoms with van der Waals surface area (Å²) in [4.78, 5) is 11.0. The number of sulfone groups is 1. The molecule has 0 atom stereocenters. The van der Waals surface area contributed by atoms with Gasteiger partial charge in [-0.25, -0.2) is 8.42 Å². The first-order valence-electron chi connectivity index (χ1n) is 8.24. The molecule has 0 spiro atoms. The van der Waals surface area contributed by atoms with Gasteiger partial charge in [-0.15, -0.1) is 0 Å². The van der Waals surface area contributed by atoms with Crippen LogP contribution in [0.25, 0.3) is 0 Å². The van der Waals surface area contributed by atoms with E-state index in [4.69, 9.17) is 14.6 Å². The van der Waals surface area contributed by atoms with Gasteiger partial charge in [0, 0.05) is 6.42 Å². The Morgan fingerprint density at radius 3 is 2.31 bits per heavy atom. The zero-order valence-corrected chi connectivity index (χ0v) is 15.6. The second-order valence-electron chi connectivity index (χ2n) is 5.73. The smallest absolute Gasteiger partial charge is 0.303 e. The Kier molecular flexibility index (Phi) is 6.63. The minimum absolute atomic E-state index is 0.0802. The summed E-state index contributed by atoms with van der Waals surface area (Å²) in [5.74, 6) is 0.0393. The summed E-state index contributed by atoms with van der Waals surface area (Å²) in [6.45, 7) is 2.40. The molecular weight excluding hydrogens is 356 g/mol. The molecule has 1 N–H and O–H groups in total. The van der Waals surface area contributed by atoms with Crippen LogP contribution >= 0.6 is 0 Å². The number of carboxylic acids is 1. The van der Waals surface area contributed by atoms with Gasteiger partial charge >= 0.3 is 5.97 Å². The van der Waals surface area contributed by atoms with Gasteiger partial charge in [-0.2, -0.15) is 0 Å². The van der Waals surface area contributed by atoms with Gasteiger partial charge in [0.2, 0.25) is 9.84 Å². The fourth-order valence-electron chi connectivity index (χ4n) is 2.38. The Bertz CT molecular complexity index is 856. The highest BCUT2D eigenvalue weighted by atomic mass is 32.2. The molecule has 0 bridgehead atoms. The highest BCUT2D eigenvalue weighted by molar-refractivity contribution is 7.91. The summed E-state index contributed by atoms with van der Waals surface area (Å²) >= 11 is 0. The maximum absolute atomic E-state index is 12.9. The summed E-state index contributed by atoms with van der Waals surface area (Å²) in [6, 6.07) is 10.8. The molecule has 0 aliphatic rings. The molecule has 140 valence electrons. The van der Waals surface area contributed by atoms with Crippen LogP contribution in [0.15, 0.2) is 52.3 Å². The van der Waals surface area contributed by atoms with Crippen LogP contribution in [0.4, 0.5) is 0 Å². The first kappa shape index (κ1) is 19.8. The van der Waals surface area contributed by atoms with E-state index in [0.29, 0.717) is 23.7 Å². The molecule has 0 amide bonds. The van der Waals surface area contributed by atoms with E-state index in [1.807, 2.05) is 6.92 Å². The Morgan fingerprint density at radius 2 is 1.73 bits per heavy atom. The number of hydrogen-bond acceptors (Lipinski definition) is 5. The molecular formula is C19H22O6S. The normalized spacial score (nSPS) is 11.2. The van der Waals surface area contributed by atoms with Crippen LogP contribution in [0.1, 0.15) is 25.3 Å². The highest BCUT2D eigenvalue weighted by Gasteiger charge is 2.20. The lowest BCUT2D eigenvalue weighted by Crippen LogP contribution is -2.05. The Morgan fingerprint density at radius 1 is 1.04 bits per heavy atom. The van der Waals surface area contributed by atoms with Gasteiger partial charge in [0.25, 0.3) is 0 Å². The molecule has 7 heteroatoms. The third-order valence-electron chi connectivity index (χ3n) is 3.72. The predicted octanol–water partition coefficient (Wildman–Crippen LogP) is 3.33. The number of carbonyl (C=O) groups is 1. The minimum atomic E-state index is -3.76. The first-order valence-corrected chi connectivity index (χ1v) is 9.73. The lowest BCUT2D eigenvalue weighted by Gasteiger charge is -2.12. The lowest BCUT2D eigenvalue weighted by atomic mass is 10.1. The standard InChI is InChI=1S/C19H22O6S/c1-3-10-25-16-11-14(4-9-19(20)21)12-18(13-16)26(22,23)17-7-5-15(24-2)6-8-17/h5-8,11-13H,3-4,9-10H2,1-2H3,(H,20,21). The number of methoxy groups -OCH3 is 1. The average Bonchev–Trinajstić information content (AvgIpc) is 2.64. The zero-order chi connectivity index (χ0) is 19.2. The van der Waals surface area contributed by atoms with E-state index in [9.17, 15) is 13.2 Å². The third-order valence-corrected chi connectivity index (χ3v) is 5.47. The van der Waals surface area contributed by atoms with Gasteiger partial charge in [-0.05, 0) is 60.9 Å². The van der Waals surface area contributed by atoms with Crippen molar-refractivity contribution in [2.24, 2.45) is 0 Å². The number of aliphatic carboxylic acids is 1. The molecule has 0 fully saturated rings. The highest BCUT2D eigenvalue weighted by Crippen LogP contribution is 2.28. The fraction of sp³-hybridized carbons (Fsp3) is 0.316. The monoisotopic (exact) mass is 378 g/mol. The fourth-order valence-corrected chi connectivity index (χ4v) is 3.72. The van der Waals surface area contributed by atoms with Crippen LogP contribution < -0.4 is 9.47 Å². The molecule has 0 heterocycles. The SMILES string of the molecule is CCCOc1cc(CCC(=O)O)cc(S(=O)(=O)c2ccc(OC)cc2)c1. The summed E-state index contributed by atoms with van der Waals surface area (Å²) in [7, 11) is -2.25. The van der Waals surface area contributed by atoms with Gasteiger partial charge in [-0.3, -0.25) is 4.79 Å². The molecule has 6 nitrogen and oxygen atoms in total. The quantitative estimate of drug-likeness (QED) is 0.720. The van der Waals surface area contributed by atoms with E-state index in [0.717, 1.165) is 6.42 Å². The Hall–Kier alpha value is -2.54. The number of hydrogen-bond donors (Lipinski definition) is 1. The van der Waals surface area contributed by atoms with Gasteiger partial charge in [0.15, 0.2) is 0 Å². The van der Waals surface area contributed by atoms with Crippen molar-refractivity contribution in [2.75, 3.05) is 13.7 Å². The molecule has 26 heavy (non-hydrogen) atoms. The maximum atomic E-state index is 12.9. The predicted molar refractivity (Wildman–Crippen MR) is 96.6 cm³/mol. The van der Waals surface area contributed by atoms with E-state index in [2.05, 4.69) is 0 Å².